The Hall–Kier alpha value is -4.50. The molecule has 2 fully saturated rings. The van der Waals surface area contributed by atoms with Crippen LogP contribution >= 0.6 is 0 Å². The number of nitrogens with zero attached hydrogens (tertiary/aromatic N) is 9. The Morgan fingerprint density at radius 2 is 1.93 bits per heavy atom. The fourth-order valence-corrected chi connectivity index (χ4v) is 5.06. The largest absolute Gasteiger partial charge is 0.484 e. The first-order chi connectivity index (χ1) is 20.4. The number of hydrogen-bond acceptors (Lipinski definition) is 12. The van der Waals surface area contributed by atoms with Gasteiger partial charge in [-0.1, -0.05) is 0 Å². The minimum atomic E-state index is -0.357. The van der Waals surface area contributed by atoms with Crippen LogP contribution in [0.25, 0.3) is 17.4 Å². The Labute approximate surface area is 241 Å². The van der Waals surface area contributed by atoms with E-state index in [-0.39, 0.29) is 24.3 Å². The molecule has 2 aliphatic rings. The molecule has 5 heterocycles. The number of anilines is 3. The first kappa shape index (κ1) is 27.7. The topological polar surface area (TPSA) is 146 Å². The molecule has 2 aliphatic heterocycles. The first-order valence-corrected chi connectivity index (χ1v) is 14.0. The fraction of sp³-hybridized carbons (Fsp3) is 0.444. The van der Waals surface area contributed by atoms with Crippen LogP contribution in [-0.4, -0.2) is 119 Å². The maximum Gasteiger partial charge on any atom is 0.260 e. The van der Waals surface area contributed by atoms with Gasteiger partial charge in [-0.15, -0.1) is 5.10 Å². The van der Waals surface area contributed by atoms with Crippen molar-refractivity contribution in [1.82, 2.24) is 39.7 Å². The van der Waals surface area contributed by atoms with Crippen LogP contribution in [0.4, 0.5) is 22.0 Å². The van der Waals surface area contributed by atoms with E-state index in [1.54, 1.807) is 35.4 Å². The molecule has 0 radical (unpaired) electrons. The molecular weight excluding hydrogens is 545 g/mol. The molecule has 0 aliphatic carbocycles. The highest BCUT2D eigenvalue weighted by atomic mass is 19.1. The number of aromatic nitrogens is 5. The third-order valence-electron chi connectivity index (χ3n) is 7.52. The minimum absolute atomic E-state index is 0.0870. The van der Waals surface area contributed by atoms with E-state index in [9.17, 15) is 9.18 Å². The number of nitrogens with two attached hydrogens (primary N) is 1. The molecule has 0 spiro atoms. The van der Waals surface area contributed by atoms with Crippen molar-refractivity contribution in [3.8, 4) is 17.3 Å². The predicted octanol–water partition coefficient (Wildman–Crippen LogP) is 0.570. The Morgan fingerprint density at radius 3 is 2.67 bits per heavy atom. The molecule has 1 aromatic carbocycles. The second kappa shape index (κ2) is 12.2. The molecular formula is C27H34FN11O3. The summed E-state index contributed by atoms with van der Waals surface area (Å²) in [5.41, 5.74) is 6.67. The SMILES string of the molecule is CN(CCN1CCN(c2ccc(OCC(=O)N3CCNCC3)cc2F)CC1)c1nc(N)n2nc(-c3ccco3)nc2n1. The van der Waals surface area contributed by atoms with Crippen molar-refractivity contribution in [1.29, 1.82) is 0 Å². The number of fused-ring (bicyclic) bond motifs is 1. The number of nitrogens with one attached hydrogen (secondary N) is 1. The Kier molecular flexibility index (Phi) is 8.01. The maximum absolute atomic E-state index is 15.0. The lowest BCUT2D eigenvalue weighted by molar-refractivity contribution is -0.133. The van der Waals surface area contributed by atoms with Crippen molar-refractivity contribution in [2.45, 2.75) is 0 Å². The number of hydrogen-bond donors (Lipinski definition) is 2. The quantitative estimate of drug-likeness (QED) is 0.286. The number of carbonyl (C=O) groups is 1. The van der Waals surface area contributed by atoms with Gasteiger partial charge in [-0.2, -0.15) is 19.5 Å². The zero-order valence-corrected chi connectivity index (χ0v) is 23.4. The summed E-state index contributed by atoms with van der Waals surface area (Å²) < 4.78 is 27.3. The number of furan rings is 1. The smallest absolute Gasteiger partial charge is 0.260 e. The number of likely N-dealkylation sites (N-methyl/N-ethyl adjacent to an activating group) is 1. The zero-order valence-electron chi connectivity index (χ0n) is 23.4. The van der Waals surface area contributed by atoms with Crippen LogP contribution in [-0.2, 0) is 4.79 Å². The van der Waals surface area contributed by atoms with E-state index in [1.807, 2.05) is 16.8 Å². The molecule has 15 heteroatoms. The van der Waals surface area contributed by atoms with Gasteiger partial charge in [0.05, 0.1) is 12.0 Å². The van der Waals surface area contributed by atoms with Crippen molar-refractivity contribution >= 4 is 29.3 Å². The van der Waals surface area contributed by atoms with E-state index < -0.39 is 0 Å². The van der Waals surface area contributed by atoms with E-state index in [1.165, 1.54) is 10.6 Å². The molecule has 0 atom stereocenters. The van der Waals surface area contributed by atoms with Crippen LogP contribution in [0.15, 0.2) is 41.0 Å². The number of rotatable bonds is 9. The summed E-state index contributed by atoms with van der Waals surface area (Å²) in [7, 11) is 1.90. The molecule has 14 nitrogen and oxygen atoms in total. The Balaban J connectivity index is 0.987. The fourth-order valence-electron chi connectivity index (χ4n) is 5.06. The maximum atomic E-state index is 15.0. The van der Waals surface area contributed by atoms with Gasteiger partial charge >= 0.3 is 0 Å². The zero-order chi connectivity index (χ0) is 29.1. The molecule has 0 unspecified atom stereocenters. The van der Waals surface area contributed by atoms with E-state index in [0.717, 1.165) is 32.7 Å². The number of halogens is 1. The van der Waals surface area contributed by atoms with Crippen LogP contribution in [0.5, 0.6) is 5.75 Å². The summed E-state index contributed by atoms with van der Waals surface area (Å²) in [6.07, 6.45) is 1.55. The number of piperazine rings is 2. The lowest BCUT2D eigenvalue weighted by Crippen LogP contribution is -2.48. The van der Waals surface area contributed by atoms with E-state index in [4.69, 9.17) is 14.9 Å². The van der Waals surface area contributed by atoms with Crippen LogP contribution in [0.1, 0.15) is 0 Å². The van der Waals surface area contributed by atoms with Crippen molar-refractivity contribution in [3.05, 3.63) is 42.4 Å². The van der Waals surface area contributed by atoms with E-state index in [0.29, 0.717) is 67.5 Å². The second-order valence-corrected chi connectivity index (χ2v) is 10.3. The van der Waals surface area contributed by atoms with E-state index >= 15 is 0 Å². The van der Waals surface area contributed by atoms with Gasteiger partial charge in [0.1, 0.15) is 11.6 Å². The number of benzene rings is 1. The summed E-state index contributed by atoms with van der Waals surface area (Å²) in [4.78, 5) is 33.7. The molecule has 2 saturated heterocycles. The highest BCUT2D eigenvalue weighted by Gasteiger charge is 2.22. The predicted molar refractivity (Wildman–Crippen MR) is 154 cm³/mol. The van der Waals surface area contributed by atoms with Crippen molar-refractivity contribution in [2.75, 3.05) is 94.6 Å². The van der Waals surface area contributed by atoms with Crippen molar-refractivity contribution in [3.63, 3.8) is 0 Å². The molecule has 3 aromatic heterocycles. The summed E-state index contributed by atoms with van der Waals surface area (Å²) in [5, 5.41) is 7.54. The molecule has 6 rings (SSSR count). The van der Waals surface area contributed by atoms with Gasteiger partial charge in [0.25, 0.3) is 11.7 Å². The standard InChI is InChI=1S/C27H34FN11O3/c1-35(26-32-25(29)39-27(33-26)31-24(34-39)22-3-2-16-41-22)10-11-36-12-14-37(15-13-36)21-5-4-19(17-20(21)28)42-18-23(40)38-8-6-30-7-9-38/h2-5,16-17,30H,6-15,18H2,1H3,(H2,29,31,32,33,34). The van der Waals surface area contributed by atoms with Gasteiger partial charge in [-0.25, -0.2) is 4.39 Å². The Morgan fingerprint density at radius 1 is 1.12 bits per heavy atom. The first-order valence-electron chi connectivity index (χ1n) is 14.0. The van der Waals surface area contributed by atoms with Gasteiger partial charge in [0, 0.05) is 78.6 Å². The second-order valence-electron chi connectivity index (χ2n) is 10.3. The third kappa shape index (κ3) is 6.06. The minimum Gasteiger partial charge on any atom is -0.484 e. The highest BCUT2D eigenvalue weighted by Crippen LogP contribution is 2.25. The summed E-state index contributed by atoms with van der Waals surface area (Å²) in [6.45, 7) is 7.16. The molecule has 0 bridgehead atoms. The lowest BCUT2D eigenvalue weighted by Gasteiger charge is -2.36. The van der Waals surface area contributed by atoms with Gasteiger partial charge in [-0.3, -0.25) is 9.69 Å². The van der Waals surface area contributed by atoms with E-state index in [2.05, 4.69) is 30.3 Å². The Bertz CT molecular complexity index is 1520. The number of ether oxygens (including phenoxy) is 1. The van der Waals surface area contributed by atoms with Crippen LogP contribution < -0.4 is 25.6 Å². The molecule has 3 N–H and O–H groups in total. The third-order valence-corrected chi connectivity index (χ3v) is 7.52. The number of carbonyl (C=O) groups excluding carboxylic acids is 1. The normalized spacial score (nSPS) is 16.2. The molecule has 42 heavy (non-hydrogen) atoms. The van der Waals surface area contributed by atoms with Crippen LogP contribution in [0.2, 0.25) is 0 Å². The summed E-state index contributed by atoms with van der Waals surface area (Å²) in [6, 6.07) is 8.33. The van der Waals surface area contributed by atoms with Gasteiger partial charge < -0.3 is 34.9 Å². The number of amides is 1. The molecule has 222 valence electrons. The molecule has 1 amide bonds. The van der Waals surface area contributed by atoms with Crippen molar-refractivity contribution in [2.24, 2.45) is 0 Å². The average molecular weight is 580 g/mol. The highest BCUT2D eigenvalue weighted by molar-refractivity contribution is 5.78. The lowest BCUT2D eigenvalue weighted by atomic mass is 10.2. The van der Waals surface area contributed by atoms with Gasteiger partial charge in [0.15, 0.2) is 12.4 Å². The van der Waals surface area contributed by atoms with Crippen molar-refractivity contribution < 1.29 is 18.3 Å². The number of nitrogen functional groups attached to an aromatic ring is 1. The molecule has 0 saturated carbocycles. The van der Waals surface area contributed by atoms with Gasteiger partial charge in [-0.05, 0) is 24.3 Å². The monoisotopic (exact) mass is 579 g/mol. The average Bonchev–Trinajstić information content (AvgIpc) is 3.70. The van der Waals surface area contributed by atoms with Crippen LogP contribution in [0, 0.1) is 5.82 Å². The molecule has 4 aromatic rings. The van der Waals surface area contributed by atoms with Crippen LogP contribution in [0.3, 0.4) is 0 Å². The van der Waals surface area contributed by atoms with Gasteiger partial charge in [0.2, 0.25) is 17.7 Å². The summed E-state index contributed by atoms with van der Waals surface area (Å²) in [5.74, 6) is 1.80. The summed E-state index contributed by atoms with van der Waals surface area (Å²) >= 11 is 0.